The highest BCUT2D eigenvalue weighted by molar-refractivity contribution is 5.99. The van der Waals surface area contributed by atoms with E-state index in [1.807, 2.05) is 19.1 Å². The molecule has 114 valence electrons. The second-order valence-electron chi connectivity index (χ2n) is 5.71. The van der Waals surface area contributed by atoms with Crippen LogP contribution in [0.15, 0.2) is 30.6 Å². The number of anilines is 1. The van der Waals surface area contributed by atoms with Crippen molar-refractivity contribution in [2.24, 2.45) is 5.73 Å². The molecule has 1 unspecified atom stereocenters. The van der Waals surface area contributed by atoms with Gasteiger partial charge in [0.15, 0.2) is 0 Å². The Morgan fingerprint density at radius 1 is 1.36 bits per heavy atom. The van der Waals surface area contributed by atoms with E-state index in [-0.39, 0.29) is 5.82 Å². The van der Waals surface area contributed by atoms with Crippen LogP contribution in [0.5, 0.6) is 0 Å². The molecule has 1 atom stereocenters. The predicted octanol–water partition coefficient (Wildman–Crippen LogP) is 3.23. The van der Waals surface area contributed by atoms with Gasteiger partial charge in [0.05, 0.1) is 11.9 Å². The van der Waals surface area contributed by atoms with Crippen molar-refractivity contribution in [2.75, 3.05) is 4.90 Å². The van der Waals surface area contributed by atoms with Gasteiger partial charge in [0.1, 0.15) is 11.7 Å². The number of nitrogens with zero attached hydrogens (tertiary/aromatic N) is 2. The van der Waals surface area contributed by atoms with Crippen LogP contribution in [0, 0.1) is 18.2 Å². The number of aromatic nitrogens is 1. The molecule has 2 heterocycles. The van der Waals surface area contributed by atoms with Gasteiger partial charge < -0.3 is 10.6 Å². The summed E-state index contributed by atoms with van der Waals surface area (Å²) in [7, 11) is 0. The Morgan fingerprint density at radius 3 is 2.82 bits per heavy atom. The van der Waals surface area contributed by atoms with Gasteiger partial charge in [-0.1, -0.05) is 0 Å². The number of pyridine rings is 1. The van der Waals surface area contributed by atoms with Crippen LogP contribution in [0.4, 0.5) is 10.1 Å². The monoisotopic (exact) mass is 298 g/mol. The normalized spacial score (nSPS) is 15.6. The van der Waals surface area contributed by atoms with Crippen LogP contribution in [0.1, 0.15) is 24.5 Å². The molecular formula is C17H19FN4. The third kappa shape index (κ3) is 2.37. The summed E-state index contributed by atoms with van der Waals surface area (Å²) in [5.74, 6) is 0.0317. The quantitative estimate of drug-likeness (QED) is 0.894. The van der Waals surface area contributed by atoms with Crippen molar-refractivity contribution in [2.45, 2.75) is 32.9 Å². The molecule has 0 fully saturated rings. The van der Waals surface area contributed by atoms with Crippen LogP contribution in [0.25, 0.3) is 11.1 Å². The third-order valence-corrected chi connectivity index (χ3v) is 4.06. The number of aryl methyl sites for hydroxylation is 2. The molecule has 0 saturated heterocycles. The molecule has 1 aromatic carbocycles. The topological polar surface area (TPSA) is 66.0 Å². The van der Waals surface area contributed by atoms with Gasteiger partial charge in [0.2, 0.25) is 0 Å². The number of nitrogens with two attached hydrogens (primary N) is 1. The fourth-order valence-electron chi connectivity index (χ4n) is 3.00. The Labute approximate surface area is 129 Å². The number of hydrogen-bond acceptors (Lipinski definition) is 3. The molecule has 1 aromatic heterocycles. The van der Waals surface area contributed by atoms with Crippen LogP contribution >= 0.6 is 0 Å². The average molecular weight is 298 g/mol. The Balaban J connectivity index is 2.16. The SMILES string of the molecule is Cc1ccncc1-c1cc(F)c2c(c1)CCC(=N)N2C(C)N. The number of rotatable bonds is 2. The van der Waals surface area contributed by atoms with Gasteiger partial charge in [-0.25, -0.2) is 4.39 Å². The average Bonchev–Trinajstić information content (AvgIpc) is 2.47. The van der Waals surface area contributed by atoms with Gasteiger partial charge in [-0.15, -0.1) is 0 Å². The van der Waals surface area contributed by atoms with Crippen LogP contribution in [0.3, 0.4) is 0 Å². The fraction of sp³-hybridized carbons (Fsp3) is 0.294. The highest BCUT2D eigenvalue weighted by Crippen LogP contribution is 2.36. The zero-order chi connectivity index (χ0) is 15.9. The Kier molecular flexibility index (Phi) is 3.66. The van der Waals surface area contributed by atoms with Crippen LogP contribution in [0.2, 0.25) is 0 Å². The molecule has 3 N–H and O–H groups in total. The first-order valence-corrected chi connectivity index (χ1v) is 7.34. The van der Waals surface area contributed by atoms with Gasteiger partial charge in [-0.3, -0.25) is 10.4 Å². The predicted molar refractivity (Wildman–Crippen MR) is 86.5 cm³/mol. The first-order chi connectivity index (χ1) is 10.5. The van der Waals surface area contributed by atoms with Crippen LogP contribution < -0.4 is 10.6 Å². The maximum absolute atomic E-state index is 14.7. The molecule has 5 heteroatoms. The molecule has 0 amide bonds. The van der Waals surface area contributed by atoms with Gasteiger partial charge >= 0.3 is 0 Å². The maximum Gasteiger partial charge on any atom is 0.147 e. The number of nitrogens with one attached hydrogen (secondary N) is 1. The number of amidine groups is 1. The van der Waals surface area contributed by atoms with Gasteiger partial charge in [0, 0.05) is 24.4 Å². The lowest BCUT2D eigenvalue weighted by Crippen LogP contribution is -2.46. The summed E-state index contributed by atoms with van der Waals surface area (Å²) in [4.78, 5) is 5.71. The smallest absolute Gasteiger partial charge is 0.147 e. The van der Waals surface area contributed by atoms with Crippen LogP contribution in [-0.4, -0.2) is 17.0 Å². The number of hydrogen-bond donors (Lipinski definition) is 2. The molecule has 0 spiro atoms. The van der Waals surface area contributed by atoms with Crippen molar-refractivity contribution >= 4 is 11.5 Å². The molecule has 1 aliphatic rings. The van der Waals surface area contributed by atoms with E-state index in [4.69, 9.17) is 11.1 Å². The zero-order valence-corrected chi connectivity index (χ0v) is 12.7. The lowest BCUT2D eigenvalue weighted by molar-refractivity contribution is 0.610. The minimum atomic E-state index is -0.424. The zero-order valence-electron chi connectivity index (χ0n) is 12.7. The summed E-state index contributed by atoms with van der Waals surface area (Å²) >= 11 is 0. The molecule has 0 bridgehead atoms. The number of benzene rings is 1. The number of halogens is 1. The highest BCUT2D eigenvalue weighted by Gasteiger charge is 2.28. The standard InChI is InChI=1S/C17H19FN4/c1-10-5-6-21-9-14(10)13-7-12-3-4-16(20)22(11(2)19)17(12)15(18)8-13/h5-9,11,20H,3-4,19H2,1-2H3. The molecule has 0 saturated carbocycles. The Morgan fingerprint density at radius 2 is 2.14 bits per heavy atom. The molecular weight excluding hydrogens is 279 g/mol. The lowest BCUT2D eigenvalue weighted by Gasteiger charge is -2.35. The van der Waals surface area contributed by atoms with Gasteiger partial charge in [-0.2, -0.15) is 0 Å². The van der Waals surface area contributed by atoms with E-state index < -0.39 is 6.17 Å². The summed E-state index contributed by atoms with van der Waals surface area (Å²) in [6, 6.07) is 5.41. The molecule has 22 heavy (non-hydrogen) atoms. The molecule has 0 radical (unpaired) electrons. The van der Waals surface area contributed by atoms with E-state index in [0.717, 1.165) is 22.3 Å². The van der Waals surface area contributed by atoms with E-state index in [0.29, 0.717) is 24.4 Å². The number of fused-ring (bicyclic) bond motifs is 1. The fourth-order valence-corrected chi connectivity index (χ4v) is 3.00. The summed E-state index contributed by atoms with van der Waals surface area (Å²) in [6.45, 7) is 3.75. The molecule has 1 aliphatic heterocycles. The highest BCUT2D eigenvalue weighted by atomic mass is 19.1. The van der Waals surface area contributed by atoms with E-state index >= 15 is 0 Å². The second kappa shape index (κ2) is 5.50. The molecule has 3 rings (SSSR count). The van der Waals surface area contributed by atoms with Gasteiger partial charge in [0.25, 0.3) is 0 Å². The van der Waals surface area contributed by atoms with Crippen molar-refractivity contribution < 1.29 is 4.39 Å². The third-order valence-electron chi connectivity index (χ3n) is 4.06. The lowest BCUT2D eigenvalue weighted by atomic mass is 9.94. The second-order valence-corrected chi connectivity index (χ2v) is 5.71. The summed E-state index contributed by atoms with van der Waals surface area (Å²) in [6.07, 6.45) is 4.29. The van der Waals surface area contributed by atoms with E-state index in [2.05, 4.69) is 4.98 Å². The maximum atomic E-state index is 14.7. The van der Waals surface area contributed by atoms with Crippen molar-refractivity contribution in [1.29, 1.82) is 5.41 Å². The van der Waals surface area contributed by atoms with Gasteiger partial charge in [-0.05, 0) is 55.2 Å². The van der Waals surface area contributed by atoms with Crippen LogP contribution in [-0.2, 0) is 6.42 Å². The van der Waals surface area contributed by atoms with E-state index in [1.165, 1.54) is 6.07 Å². The minimum Gasteiger partial charge on any atom is -0.312 e. The summed E-state index contributed by atoms with van der Waals surface area (Å²) in [5, 5.41) is 8.02. The summed E-state index contributed by atoms with van der Waals surface area (Å²) < 4.78 is 14.7. The first-order valence-electron chi connectivity index (χ1n) is 7.34. The molecule has 4 nitrogen and oxygen atoms in total. The first kappa shape index (κ1) is 14.7. The Hall–Kier alpha value is -2.27. The van der Waals surface area contributed by atoms with Crippen molar-refractivity contribution in [1.82, 2.24) is 4.98 Å². The van der Waals surface area contributed by atoms with E-state index in [9.17, 15) is 4.39 Å². The molecule has 2 aromatic rings. The summed E-state index contributed by atoms with van der Waals surface area (Å²) in [5.41, 5.74) is 10.1. The van der Waals surface area contributed by atoms with Crippen molar-refractivity contribution in [3.8, 4) is 11.1 Å². The Bertz CT molecular complexity index is 739. The minimum absolute atomic E-state index is 0.336. The largest absolute Gasteiger partial charge is 0.312 e. The van der Waals surface area contributed by atoms with Crippen molar-refractivity contribution in [3.63, 3.8) is 0 Å². The van der Waals surface area contributed by atoms with E-state index in [1.54, 1.807) is 24.2 Å². The molecule has 0 aliphatic carbocycles. The van der Waals surface area contributed by atoms with Crippen molar-refractivity contribution in [3.05, 3.63) is 47.5 Å².